The fourth-order valence-electron chi connectivity index (χ4n) is 2.60. The number of carbonyl (C=O) groups is 1. The minimum Gasteiger partial charge on any atom is -0.479 e. The molecule has 88 valence electrons. The Kier molecular flexibility index (Phi) is 4.14. The number of hydrogen-bond acceptors (Lipinski definition) is 2. The van der Waals surface area contributed by atoms with Gasteiger partial charge < -0.3 is 10.2 Å². The summed E-state index contributed by atoms with van der Waals surface area (Å²) in [4.78, 5) is 10.9. The van der Waals surface area contributed by atoms with Crippen LogP contribution >= 0.6 is 0 Å². The topological polar surface area (TPSA) is 57.5 Å². The van der Waals surface area contributed by atoms with Gasteiger partial charge in [-0.25, -0.2) is 4.79 Å². The van der Waals surface area contributed by atoms with Crippen molar-refractivity contribution in [3.63, 3.8) is 0 Å². The first-order valence-electron chi connectivity index (χ1n) is 5.94. The zero-order valence-corrected chi connectivity index (χ0v) is 9.70. The van der Waals surface area contributed by atoms with E-state index in [4.69, 9.17) is 5.11 Å². The van der Waals surface area contributed by atoms with Crippen molar-refractivity contribution in [2.75, 3.05) is 0 Å². The fourth-order valence-corrected chi connectivity index (χ4v) is 2.60. The van der Waals surface area contributed by atoms with Crippen molar-refractivity contribution in [2.45, 2.75) is 58.0 Å². The van der Waals surface area contributed by atoms with Crippen LogP contribution in [0.4, 0.5) is 0 Å². The van der Waals surface area contributed by atoms with Crippen molar-refractivity contribution in [1.29, 1.82) is 0 Å². The second-order valence-corrected chi connectivity index (χ2v) is 4.96. The van der Waals surface area contributed by atoms with Gasteiger partial charge in [-0.15, -0.1) is 0 Å². The molecule has 0 aliphatic heterocycles. The summed E-state index contributed by atoms with van der Waals surface area (Å²) in [5.41, 5.74) is -1.53. The van der Waals surface area contributed by atoms with Crippen LogP contribution in [0.1, 0.15) is 52.4 Å². The Morgan fingerprint density at radius 3 is 2.27 bits per heavy atom. The van der Waals surface area contributed by atoms with Crippen molar-refractivity contribution in [1.82, 2.24) is 0 Å². The van der Waals surface area contributed by atoms with Crippen molar-refractivity contribution in [3.05, 3.63) is 0 Å². The van der Waals surface area contributed by atoms with Crippen LogP contribution in [0, 0.1) is 11.8 Å². The smallest absolute Gasteiger partial charge is 0.335 e. The third kappa shape index (κ3) is 2.94. The molecule has 0 heterocycles. The van der Waals surface area contributed by atoms with Crippen molar-refractivity contribution in [2.24, 2.45) is 11.8 Å². The molecule has 1 saturated carbocycles. The first kappa shape index (κ1) is 12.5. The predicted molar refractivity (Wildman–Crippen MR) is 58.6 cm³/mol. The minimum absolute atomic E-state index is 0.0666. The van der Waals surface area contributed by atoms with Crippen LogP contribution in [-0.2, 0) is 4.79 Å². The van der Waals surface area contributed by atoms with E-state index >= 15 is 0 Å². The molecule has 3 nitrogen and oxygen atoms in total. The molecule has 0 saturated heterocycles. The Hall–Kier alpha value is -0.570. The van der Waals surface area contributed by atoms with Gasteiger partial charge in [0, 0.05) is 0 Å². The SMILES string of the molecule is CCCC1CCC(C(C)(O)C(=O)O)CC1. The summed E-state index contributed by atoms with van der Waals surface area (Å²) < 4.78 is 0. The quantitative estimate of drug-likeness (QED) is 0.755. The zero-order valence-electron chi connectivity index (χ0n) is 9.70. The predicted octanol–water partition coefficient (Wildman–Crippen LogP) is 2.43. The summed E-state index contributed by atoms with van der Waals surface area (Å²) in [6, 6.07) is 0. The number of aliphatic hydroxyl groups is 1. The molecule has 0 bridgehead atoms. The Bertz CT molecular complexity index is 215. The summed E-state index contributed by atoms with van der Waals surface area (Å²) in [6.45, 7) is 3.61. The van der Waals surface area contributed by atoms with E-state index in [-0.39, 0.29) is 5.92 Å². The maximum Gasteiger partial charge on any atom is 0.335 e. The summed E-state index contributed by atoms with van der Waals surface area (Å²) in [6.07, 6.45) is 6.28. The highest BCUT2D eigenvalue weighted by Crippen LogP contribution is 2.37. The molecule has 1 unspecified atom stereocenters. The van der Waals surface area contributed by atoms with Crippen molar-refractivity contribution >= 4 is 5.97 Å². The van der Waals surface area contributed by atoms with Gasteiger partial charge in [-0.2, -0.15) is 0 Å². The largest absolute Gasteiger partial charge is 0.479 e. The Labute approximate surface area is 91.5 Å². The van der Waals surface area contributed by atoms with E-state index in [0.29, 0.717) is 0 Å². The van der Waals surface area contributed by atoms with Crippen LogP contribution in [0.25, 0.3) is 0 Å². The molecule has 1 aliphatic carbocycles. The molecule has 3 heteroatoms. The molecule has 1 aliphatic rings. The van der Waals surface area contributed by atoms with E-state index in [1.54, 1.807) is 0 Å². The van der Waals surface area contributed by atoms with Gasteiger partial charge in [-0.05, 0) is 31.6 Å². The van der Waals surface area contributed by atoms with E-state index in [0.717, 1.165) is 31.6 Å². The molecule has 1 rings (SSSR count). The number of aliphatic carboxylic acids is 1. The zero-order chi connectivity index (χ0) is 11.5. The molecule has 0 aromatic rings. The van der Waals surface area contributed by atoms with E-state index in [9.17, 15) is 9.90 Å². The Morgan fingerprint density at radius 2 is 1.87 bits per heavy atom. The van der Waals surface area contributed by atoms with Crippen LogP contribution in [-0.4, -0.2) is 21.8 Å². The van der Waals surface area contributed by atoms with E-state index in [2.05, 4.69) is 6.92 Å². The molecule has 0 amide bonds. The second-order valence-electron chi connectivity index (χ2n) is 4.96. The van der Waals surface area contributed by atoms with Gasteiger partial charge in [0.05, 0.1) is 0 Å². The van der Waals surface area contributed by atoms with Crippen LogP contribution in [0.2, 0.25) is 0 Å². The summed E-state index contributed by atoms with van der Waals surface area (Å²) in [5.74, 6) is -0.402. The third-order valence-electron chi connectivity index (χ3n) is 3.77. The van der Waals surface area contributed by atoms with E-state index in [1.165, 1.54) is 19.8 Å². The van der Waals surface area contributed by atoms with E-state index in [1.807, 2.05) is 0 Å². The highest BCUT2D eigenvalue weighted by atomic mass is 16.4. The lowest BCUT2D eigenvalue weighted by atomic mass is 9.73. The van der Waals surface area contributed by atoms with Crippen LogP contribution in [0.15, 0.2) is 0 Å². The maximum absolute atomic E-state index is 10.9. The third-order valence-corrected chi connectivity index (χ3v) is 3.77. The van der Waals surface area contributed by atoms with Crippen molar-refractivity contribution in [3.8, 4) is 0 Å². The number of hydrogen-bond donors (Lipinski definition) is 2. The lowest BCUT2D eigenvalue weighted by Gasteiger charge is -2.35. The molecule has 1 fully saturated rings. The number of carboxylic acid groups (broad SMARTS) is 1. The highest BCUT2D eigenvalue weighted by molar-refractivity contribution is 5.76. The van der Waals surface area contributed by atoms with Crippen LogP contribution in [0.5, 0.6) is 0 Å². The first-order chi connectivity index (χ1) is 6.98. The molecule has 0 spiro atoms. The van der Waals surface area contributed by atoms with Crippen LogP contribution < -0.4 is 0 Å². The standard InChI is InChI=1S/C12H22O3/c1-3-4-9-5-7-10(8-6-9)12(2,15)11(13)14/h9-10,15H,3-8H2,1-2H3,(H,13,14). The summed E-state index contributed by atoms with van der Waals surface area (Å²) in [5, 5.41) is 18.7. The maximum atomic E-state index is 10.9. The summed E-state index contributed by atoms with van der Waals surface area (Å²) in [7, 11) is 0. The molecule has 0 aromatic heterocycles. The average Bonchev–Trinajstić information content (AvgIpc) is 2.19. The molecule has 1 atom stereocenters. The Morgan fingerprint density at radius 1 is 1.33 bits per heavy atom. The van der Waals surface area contributed by atoms with Crippen molar-refractivity contribution < 1.29 is 15.0 Å². The monoisotopic (exact) mass is 214 g/mol. The molecule has 15 heavy (non-hydrogen) atoms. The van der Waals surface area contributed by atoms with Gasteiger partial charge >= 0.3 is 5.97 Å². The molecule has 0 aromatic carbocycles. The van der Waals surface area contributed by atoms with Gasteiger partial charge in [-0.3, -0.25) is 0 Å². The van der Waals surface area contributed by atoms with Crippen LogP contribution in [0.3, 0.4) is 0 Å². The molecule has 2 N–H and O–H groups in total. The minimum atomic E-state index is -1.53. The summed E-state index contributed by atoms with van der Waals surface area (Å²) >= 11 is 0. The second kappa shape index (κ2) is 4.97. The lowest BCUT2D eigenvalue weighted by Crippen LogP contribution is -2.44. The van der Waals surface area contributed by atoms with E-state index < -0.39 is 11.6 Å². The highest BCUT2D eigenvalue weighted by Gasteiger charge is 2.40. The fraction of sp³-hybridized carbons (Fsp3) is 0.917. The first-order valence-corrected chi connectivity index (χ1v) is 5.94. The molecular formula is C12H22O3. The van der Waals surface area contributed by atoms with Gasteiger partial charge in [0.2, 0.25) is 0 Å². The number of carboxylic acids is 1. The molecular weight excluding hydrogens is 192 g/mol. The van der Waals surface area contributed by atoms with Gasteiger partial charge in [0.1, 0.15) is 0 Å². The van der Waals surface area contributed by atoms with Gasteiger partial charge in [0.25, 0.3) is 0 Å². The Balaban J connectivity index is 2.46. The average molecular weight is 214 g/mol. The molecule has 0 radical (unpaired) electrons. The van der Waals surface area contributed by atoms with Gasteiger partial charge in [-0.1, -0.05) is 32.6 Å². The lowest BCUT2D eigenvalue weighted by molar-refractivity contribution is -0.164. The number of rotatable bonds is 4. The normalized spacial score (nSPS) is 30.9. The van der Waals surface area contributed by atoms with Gasteiger partial charge in [0.15, 0.2) is 5.60 Å².